The van der Waals surface area contributed by atoms with Gasteiger partial charge in [-0.25, -0.2) is 0 Å². The topological polar surface area (TPSA) is 41.1 Å². The highest BCUT2D eigenvalue weighted by Crippen LogP contribution is 2.19. The van der Waals surface area contributed by atoms with Gasteiger partial charge in [-0.2, -0.15) is 0 Å². The molecule has 0 aromatic carbocycles. The number of nitrogens with one attached hydrogen (secondary N) is 2. The minimum atomic E-state index is 0.0864. The number of rotatable bonds is 2. The van der Waals surface area contributed by atoms with Gasteiger partial charge in [-0.3, -0.25) is 4.79 Å². The first-order chi connectivity index (χ1) is 6.77. The van der Waals surface area contributed by atoms with Crippen LogP contribution in [-0.2, 0) is 4.79 Å². The Morgan fingerprint density at radius 3 is 2.57 bits per heavy atom. The highest BCUT2D eigenvalue weighted by molar-refractivity contribution is 5.96. The number of hydrogen-bond acceptors (Lipinski definition) is 2. The molecule has 2 aliphatic rings. The Morgan fingerprint density at radius 2 is 2.00 bits per heavy atom. The Kier molecular flexibility index (Phi) is 2.75. The van der Waals surface area contributed by atoms with Crippen molar-refractivity contribution in [2.24, 2.45) is 0 Å². The first-order valence-electron chi connectivity index (χ1n) is 5.52. The predicted molar refractivity (Wildman–Crippen MR) is 55.7 cm³/mol. The fourth-order valence-electron chi connectivity index (χ4n) is 2.22. The molecule has 1 saturated carbocycles. The second kappa shape index (κ2) is 4.03. The van der Waals surface area contributed by atoms with E-state index in [1.807, 2.05) is 6.92 Å². The van der Waals surface area contributed by atoms with Gasteiger partial charge in [0.05, 0.1) is 6.54 Å². The molecule has 2 N–H and O–H groups in total. The summed E-state index contributed by atoms with van der Waals surface area (Å²) >= 11 is 0. The lowest BCUT2D eigenvalue weighted by molar-refractivity contribution is -0.116. The quantitative estimate of drug-likeness (QED) is 0.696. The largest absolute Gasteiger partial charge is 0.384 e. The van der Waals surface area contributed by atoms with Gasteiger partial charge in [-0.05, 0) is 19.8 Å². The molecule has 14 heavy (non-hydrogen) atoms. The van der Waals surface area contributed by atoms with Gasteiger partial charge in [0.25, 0.3) is 0 Å². The SMILES string of the molecule is CC1=C(NC2CCCCC2)CNC1=O. The van der Waals surface area contributed by atoms with Crippen LogP contribution in [-0.4, -0.2) is 18.5 Å². The Bertz CT molecular complexity index is 264. The molecule has 0 spiro atoms. The van der Waals surface area contributed by atoms with E-state index in [-0.39, 0.29) is 5.91 Å². The van der Waals surface area contributed by atoms with Crippen LogP contribution < -0.4 is 10.6 Å². The summed E-state index contributed by atoms with van der Waals surface area (Å²) in [6.45, 7) is 2.59. The van der Waals surface area contributed by atoms with Gasteiger partial charge < -0.3 is 10.6 Å². The molecule has 0 radical (unpaired) electrons. The van der Waals surface area contributed by atoms with Crippen LogP contribution in [0.15, 0.2) is 11.3 Å². The van der Waals surface area contributed by atoms with E-state index < -0.39 is 0 Å². The summed E-state index contributed by atoms with van der Waals surface area (Å²) in [6, 6.07) is 0.599. The molecule has 0 saturated heterocycles. The van der Waals surface area contributed by atoms with Gasteiger partial charge in [0.15, 0.2) is 0 Å². The van der Waals surface area contributed by atoms with Gasteiger partial charge in [0, 0.05) is 17.3 Å². The third-order valence-corrected chi connectivity index (χ3v) is 3.20. The highest BCUT2D eigenvalue weighted by Gasteiger charge is 2.21. The fraction of sp³-hybridized carbons (Fsp3) is 0.727. The van der Waals surface area contributed by atoms with Crippen molar-refractivity contribution >= 4 is 5.91 Å². The number of carbonyl (C=O) groups is 1. The van der Waals surface area contributed by atoms with Crippen molar-refractivity contribution in [3.05, 3.63) is 11.3 Å². The molecule has 0 unspecified atom stereocenters. The number of hydrogen-bond donors (Lipinski definition) is 2. The molecular formula is C11H18N2O. The van der Waals surface area contributed by atoms with Crippen molar-refractivity contribution < 1.29 is 4.79 Å². The van der Waals surface area contributed by atoms with Gasteiger partial charge in [0.2, 0.25) is 5.91 Å². The van der Waals surface area contributed by atoms with E-state index in [9.17, 15) is 4.79 Å². The summed E-state index contributed by atoms with van der Waals surface area (Å²) < 4.78 is 0. The molecule has 0 bridgehead atoms. The van der Waals surface area contributed by atoms with Crippen LogP contribution in [0.3, 0.4) is 0 Å². The zero-order valence-electron chi connectivity index (χ0n) is 8.73. The van der Waals surface area contributed by atoms with Crippen molar-refractivity contribution in [2.75, 3.05) is 6.54 Å². The minimum absolute atomic E-state index is 0.0864. The lowest BCUT2D eigenvalue weighted by Crippen LogP contribution is -2.32. The minimum Gasteiger partial charge on any atom is -0.384 e. The molecule has 1 aliphatic carbocycles. The first kappa shape index (κ1) is 9.56. The van der Waals surface area contributed by atoms with Crippen molar-refractivity contribution in [1.29, 1.82) is 0 Å². The molecule has 0 aromatic heterocycles. The fourth-order valence-corrected chi connectivity index (χ4v) is 2.22. The maximum absolute atomic E-state index is 11.2. The molecule has 2 rings (SSSR count). The number of amides is 1. The van der Waals surface area contributed by atoms with Gasteiger partial charge in [0.1, 0.15) is 0 Å². The van der Waals surface area contributed by atoms with E-state index in [0.717, 1.165) is 11.3 Å². The molecule has 3 heteroatoms. The van der Waals surface area contributed by atoms with Gasteiger partial charge in [-0.1, -0.05) is 19.3 Å². The molecule has 0 aromatic rings. The van der Waals surface area contributed by atoms with Crippen molar-refractivity contribution in [1.82, 2.24) is 10.6 Å². The summed E-state index contributed by atoms with van der Waals surface area (Å²) in [5.41, 5.74) is 1.98. The zero-order chi connectivity index (χ0) is 9.97. The Balaban J connectivity index is 1.93. The molecule has 1 amide bonds. The summed E-state index contributed by atoms with van der Waals surface area (Å²) in [5.74, 6) is 0.0864. The van der Waals surface area contributed by atoms with E-state index >= 15 is 0 Å². The summed E-state index contributed by atoms with van der Waals surface area (Å²) in [7, 11) is 0. The Labute approximate surface area is 84.9 Å². The van der Waals surface area contributed by atoms with Crippen LogP contribution in [0.25, 0.3) is 0 Å². The normalized spacial score (nSPS) is 23.9. The molecule has 1 fully saturated rings. The lowest BCUT2D eigenvalue weighted by Gasteiger charge is -2.24. The van der Waals surface area contributed by atoms with Crippen LogP contribution in [0.5, 0.6) is 0 Å². The summed E-state index contributed by atoms with van der Waals surface area (Å²) in [6.07, 6.45) is 6.53. The summed E-state index contributed by atoms with van der Waals surface area (Å²) in [5, 5.41) is 6.33. The second-order valence-corrected chi connectivity index (χ2v) is 4.27. The molecule has 1 heterocycles. The lowest BCUT2D eigenvalue weighted by atomic mass is 9.95. The molecule has 0 atom stereocenters. The first-order valence-corrected chi connectivity index (χ1v) is 5.52. The van der Waals surface area contributed by atoms with E-state index in [2.05, 4.69) is 10.6 Å². The Hall–Kier alpha value is -0.990. The van der Waals surface area contributed by atoms with E-state index in [0.29, 0.717) is 12.6 Å². The second-order valence-electron chi connectivity index (χ2n) is 4.27. The van der Waals surface area contributed by atoms with E-state index in [1.165, 1.54) is 32.1 Å². The smallest absolute Gasteiger partial charge is 0.249 e. The van der Waals surface area contributed by atoms with Crippen molar-refractivity contribution in [3.63, 3.8) is 0 Å². The zero-order valence-corrected chi connectivity index (χ0v) is 8.73. The average molecular weight is 194 g/mol. The maximum atomic E-state index is 11.2. The van der Waals surface area contributed by atoms with Crippen LogP contribution in [0.2, 0.25) is 0 Å². The molecular weight excluding hydrogens is 176 g/mol. The molecule has 3 nitrogen and oxygen atoms in total. The maximum Gasteiger partial charge on any atom is 0.249 e. The predicted octanol–water partition coefficient (Wildman–Crippen LogP) is 1.31. The molecule has 78 valence electrons. The van der Waals surface area contributed by atoms with Gasteiger partial charge >= 0.3 is 0 Å². The number of carbonyl (C=O) groups excluding carboxylic acids is 1. The molecule has 1 aliphatic heterocycles. The average Bonchev–Trinajstić information content (AvgIpc) is 2.52. The monoisotopic (exact) mass is 194 g/mol. The van der Waals surface area contributed by atoms with Crippen molar-refractivity contribution in [2.45, 2.75) is 45.1 Å². The van der Waals surface area contributed by atoms with Crippen LogP contribution in [0, 0.1) is 0 Å². The van der Waals surface area contributed by atoms with Crippen LogP contribution in [0.4, 0.5) is 0 Å². The summed E-state index contributed by atoms with van der Waals surface area (Å²) in [4.78, 5) is 11.2. The van der Waals surface area contributed by atoms with E-state index in [4.69, 9.17) is 0 Å². The standard InChI is InChI=1S/C11H18N2O/c1-8-10(7-12-11(8)14)13-9-5-3-2-4-6-9/h9,13H,2-7H2,1H3,(H,12,14). The Morgan fingerprint density at radius 1 is 1.29 bits per heavy atom. The van der Waals surface area contributed by atoms with Crippen molar-refractivity contribution in [3.8, 4) is 0 Å². The third kappa shape index (κ3) is 1.91. The highest BCUT2D eigenvalue weighted by atomic mass is 16.1. The third-order valence-electron chi connectivity index (χ3n) is 3.20. The van der Waals surface area contributed by atoms with Crippen LogP contribution >= 0.6 is 0 Å². The van der Waals surface area contributed by atoms with Gasteiger partial charge in [-0.15, -0.1) is 0 Å². The van der Waals surface area contributed by atoms with Crippen LogP contribution in [0.1, 0.15) is 39.0 Å². The van der Waals surface area contributed by atoms with E-state index in [1.54, 1.807) is 0 Å².